The summed E-state index contributed by atoms with van der Waals surface area (Å²) in [6.45, 7) is 3.32. The fraction of sp³-hybridized carbons (Fsp3) is 0.267. The monoisotopic (exact) mass is 320 g/mol. The molecule has 0 bridgehead atoms. The van der Waals surface area contributed by atoms with E-state index in [-0.39, 0.29) is 0 Å². The van der Waals surface area contributed by atoms with E-state index in [0.717, 1.165) is 33.5 Å². The Morgan fingerprint density at radius 3 is 2.79 bits per heavy atom. The first-order chi connectivity index (χ1) is 9.20. The minimum absolute atomic E-state index is 0.579. The van der Waals surface area contributed by atoms with Gasteiger partial charge in [0.2, 0.25) is 0 Å². The van der Waals surface area contributed by atoms with Gasteiger partial charge in [0.25, 0.3) is 0 Å². The zero-order chi connectivity index (χ0) is 13.7. The largest absolute Gasteiger partial charge is 0.381 e. The summed E-state index contributed by atoms with van der Waals surface area (Å²) in [5.74, 6) is 0. The lowest BCUT2D eigenvalue weighted by Gasteiger charge is -2.13. The lowest BCUT2D eigenvalue weighted by atomic mass is 10.1. The van der Waals surface area contributed by atoms with Crippen LogP contribution in [-0.2, 0) is 17.9 Å². The average molecular weight is 321 g/mol. The van der Waals surface area contributed by atoms with Gasteiger partial charge < -0.3 is 10.1 Å². The van der Waals surface area contributed by atoms with Gasteiger partial charge >= 0.3 is 0 Å². The van der Waals surface area contributed by atoms with Crippen molar-refractivity contribution in [2.45, 2.75) is 20.1 Å². The van der Waals surface area contributed by atoms with Gasteiger partial charge in [-0.2, -0.15) is 0 Å². The third-order valence-electron chi connectivity index (χ3n) is 2.86. The van der Waals surface area contributed by atoms with E-state index in [1.54, 1.807) is 7.11 Å². The molecule has 3 nitrogen and oxygen atoms in total. The van der Waals surface area contributed by atoms with Gasteiger partial charge in [-0.15, -0.1) is 0 Å². The van der Waals surface area contributed by atoms with Crippen molar-refractivity contribution in [1.29, 1.82) is 0 Å². The second-order valence-corrected chi connectivity index (χ2v) is 5.21. The highest BCUT2D eigenvalue weighted by molar-refractivity contribution is 9.10. The van der Waals surface area contributed by atoms with Crippen molar-refractivity contribution < 1.29 is 4.74 Å². The summed E-state index contributed by atoms with van der Waals surface area (Å²) in [7, 11) is 1.70. The molecule has 1 N–H and O–H groups in total. The van der Waals surface area contributed by atoms with Crippen molar-refractivity contribution >= 4 is 21.6 Å². The van der Waals surface area contributed by atoms with Crippen LogP contribution in [0.1, 0.15) is 16.8 Å². The van der Waals surface area contributed by atoms with Crippen molar-refractivity contribution in [3.05, 3.63) is 57.8 Å². The molecule has 19 heavy (non-hydrogen) atoms. The topological polar surface area (TPSA) is 34.1 Å². The lowest BCUT2D eigenvalue weighted by molar-refractivity contribution is 0.185. The van der Waals surface area contributed by atoms with Gasteiger partial charge in [0, 0.05) is 41.3 Å². The summed E-state index contributed by atoms with van der Waals surface area (Å²) >= 11 is 3.55. The van der Waals surface area contributed by atoms with E-state index in [9.17, 15) is 0 Å². The number of nitrogens with one attached hydrogen (secondary N) is 1. The van der Waals surface area contributed by atoms with Crippen LogP contribution in [0, 0.1) is 6.92 Å². The van der Waals surface area contributed by atoms with Crippen molar-refractivity contribution in [2.24, 2.45) is 0 Å². The summed E-state index contributed by atoms with van der Waals surface area (Å²) in [5.41, 5.74) is 4.40. The molecule has 1 aromatic carbocycles. The molecule has 0 saturated heterocycles. The number of hydrogen-bond donors (Lipinski definition) is 1. The van der Waals surface area contributed by atoms with Crippen LogP contribution in [0.25, 0.3) is 0 Å². The van der Waals surface area contributed by atoms with Crippen LogP contribution < -0.4 is 5.32 Å². The predicted molar refractivity (Wildman–Crippen MR) is 81.2 cm³/mol. The zero-order valence-corrected chi connectivity index (χ0v) is 12.7. The number of pyridine rings is 1. The maximum Gasteiger partial charge on any atom is 0.0744 e. The SMILES string of the molecule is COCc1c(Br)cccc1NCc1ccc(C)nc1. The van der Waals surface area contributed by atoms with Crippen molar-refractivity contribution in [3.8, 4) is 0 Å². The Morgan fingerprint density at radius 1 is 1.26 bits per heavy atom. The molecule has 0 aliphatic heterocycles. The van der Waals surface area contributed by atoms with E-state index >= 15 is 0 Å². The minimum atomic E-state index is 0.579. The molecule has 1 aromatic heterocycles. The van der Waals surface area contributed by atoms with E-state index in [1.165, 1.54) is 0 Å². The van der Waals surface area contributed by atoms with Crippen LogP contribution in [0.15, 0.2) is 41.0 Å². The number of aromatic nitrogens is 1. The molecule has 0 aliphatic rings. The Hall–Kier alpha value is -1.39. The molecule has 2 aromatic rings. The zero-order valence-electron chi connectivity index (χ0n) is 11.1. The van der Waals surface area contributed by atoms with Gasteiger partial charge in [-0.3, -0.25) is 4.98 Å². The Bertz CT molecular complexity index is 540. The summed E-state index contributed by atoms with van der Waals surface area (Å²) in [5, 5.41) is 3.42. The Labute approximate surface area is 122 Å². The Morgan fingerprint density at radius 2 is 2.11 bits per heavy atom. The molecule has 0 amide bonds. The molecular formula is C15H17BrN2O. The second-order valence-electron chi connectivity index (χ2n) is 4.36. The van der Waals surface area contributed by atoms with Crippen LogP contribution in [0.3, 0.4) is 0 Å². The fourth-order valence-electron chi connectivity index (χ4n) is 1.82. The number of benzene rings is 1. The van der Waals surface area contributed by atoms with Gasteiger partial charge in [-0.25, -0.2) is 0 Å². The quantitative estimate of drug-likeness (QED) is 0.906. The van der Waals surface area contributed by atoms with Crippen LogP contribution in [-0.4, -0.2) is 12.1 Å². The van der Waals surface area contributed by atoms with Crippen LogP contribution in [0.5, 0.6) is 0 Å². The number of aryl methyl sites for hydroxylation is 1. The van der Waals surface area contributed by atoms with Crippen molar-refractivity contribution in [2.75, 3.05) is 12.4 Å². The van der Waals surface area contributed by atoms with Gasteiger partial charge in [0.1, 0.15) is 0 Å². The molecule has 4 heteroatoms. The van der Waals surface area contributed by atoms with Crippen molar-refractivity contribution in [3.63, 3.8) is 0 Å². The van der Waals surface area contributed by atoms with Crippen LogP contribution in [0.2, 0.25) is 0 Å². The second kappa shape index (κ2) is 6.68. The predicted octanol–water partition coefficient (Wildman–Crippen LogP) is 3.91. The first-order valence-corrected chi connectivity index (χ1v) is 6.91. The lowest BCUT2D eigenvalue weighted by Crippen LogP contribution is -2.04. The number of rotatable bonds is 5. The Kier molecular flexibility index (Phi) is 4.93. The molecule has 0 saturated carbocycles. The summed E-state index contributed by atoms with van der Waals surface area (Å²) in [4.78, 5) is 4.29. The highest BCUT2D eigenvalue weighted by Gasteiger charge is 2.06. The molecule has 100 valence electrons. The van der Waals surface area contributed by atoms with Crippen molar-refractivity contribution in [1.82, 2.24) is 4.98 Å². The maximum atomic E-state index is 5.23. The maximum absolute atomic E-state index is 5.23. The molecule has 1 heterocycles. The summed E-state index contributed by atoms with van der Waals surface area (Å²) < 4.78 is 6.29. The molecule has 0 radical (unpaired) electrons. The van der Waals surface area contributed by atoms with Gasteiger partial charge in [0.15, 0.2) is 0 Å². The third kappa shape index (κ3) is 3.78. The minimum Gasteiger partial charge on any atom is -0.381 e. The molecule has 0 fully saturated rings. The first-order valence-electron chi connectivity index (χ1n) is 6.12. The fourth-order valence-corrected chi connectivity index (χ4v) is 2.30. The molecule has 0 atom stereocenters. The highest BCUT2D eigenvalue weighted by Crippen LogP contribution is 2.25. The molecule has 0 spiro atoms. The highest BCUT2D eigenvalue weighted by atomic mass is 79.9. The standard InChI is InChI=1S/C15H17BrN2O/c1-11-6-7-12(8-17-11)9-18-15-5-3-4-14(16)13(15)10-19-2/h3-8,18H,9-10H2,1-2H3. The van der Waals surface area contributed by atoms with E-state index in [2.05, 4.69) is 38.4 Å². The van der Waals surface area contributed by atoms with Crippen LogP contribution >= 0.6 is 15.9 Å². The normalized spacial score (nSPS) is 10.5. The van der Waals surface area contributed by atoms with Crippen LogP contribution in [0.4, 0.5) is 5.69 Å². The first kappa shape index (κ1) is 14.0. The van der Waals surface area contributed by atoms with E-state index in [0.29, 0.717) is 6.61 Å². The average Bonchev–Trinajstić information content (AvgIpc) is 2.41. The summed E-state index contributed by atoms with van der Waals surface area (Å²) in [6, 6.07) is 10.2. The molecule has 0 unspecified atom stereocenters. The number of nitrogens with zero attached hydrogens (tertiary/aromatic N) is 1. The number of hydrogen-bond acceptors (Lipinski definition) is 3. The molecular weight excluding hydrogens is 304 g/mol. The Balaban J connectivity index is 2.10. The number of methoxy groups -OCH3 is 1. The van der Waals surface area contributed by atoms with E-state index < -0.39 is 0 Å². The van der Waals surface area contributed by atoms with E-state index in [4.69, 9.17) is 4.74 Å². The van der Waals surface area contributed by atoms with Gasteiger partial charge in [0.05, 0.1) is 6.61 Å². The smallest absolute Gasteiger partial charge is 0.0744 e. The van der Waals surface area contributed by atoms with E-state index in [1.807, 2.05) is 31.3 Å². The third-order valence-corrected chi connectivity index (χ3v) is 3.61. The number of halogens is 1. The number of anilines is 1. The molecule has 0 aliphatic carbocycles. The van der Waals surface area contributed by atoms with Gasteiger partial charge in [-0.1, -0.05) is 28.1 Å². The van der Waals surface area contributed by atoms with Gasteiger partial charge in [-0.05, 0) is 30.7 Å². The number of ether oxygens (including phenoxy) is 1. The summed E-state index contributed by atoms with van der Waals surface area (Å²) in [6.07, 6.45) is 1.90. The molecule has 2 rings (SSSR count).